The summed E-state index contributed by atoms with van der Waals surface area (Å²) in [6.45, 7) is 2.72. The summed E-state index contributed by atoms with van der Waals surface area (Å²) in [6.07, 6.45) is 1.60. The largest absolute Gasteiger partial charge is 0.346 e. The number of hydrogen-bond acceptors (Lipinski definition) is 3. The Balaban J connectivity index is 1.48. The molecule has 0 aromatic heterocycles. The lowest BCUT2D eigenvalue weighted by molar-refractivity contribution is -0.125. The highest BCUT2D eigenvalue weighted by Gasteiger charge is 2.23. The van der Waals surface area contributed by atoms with Crippen LogP contribution in [-0.2, 0) is 29.0 Å². The molecule has 0 fully saturated rings. The topological polar surface area (TPSA) is 70.2 Å². The number of carbonyl (C=O) groups is 2. The monoisotopic (exact) mass is 337 g/mol. The summed E-state index contributed by atoms with van der Waals surface area (Å²) in [5.41, 5.74) is 4.36. The predicted octanol–water partition coefficient (Wildman–Crippen LogP) is 2.02. The second-order valence-corrected chi connectivity index (χ2v) is 6.22. The number of carbonyl (C=O) groups excluding carboxylic acids is 2. The van der Waals surface area contributed by atoms with Crippen molar-refractivity contribution in [3.05, 3.63) is 65.2 Å². The molecular weight excluding hydrogens is 314 g/mol. The maximum absolute atomic E-state index is 12.3. The first-order valence-electron chi connectivity index (χ1n) is 8.62. The first-order chi connectivity index (χ1) is 12.2. The van der Waals surface area contributed by atoms with Crippen LogP contribution in [0.3, 0.4) is 0 Å². The highest BCUT2D eigenvalue weighted by molar-refractivity contribution is 5.95. The van der Waals surface area contributed by atoms with E-state index in [0.29, 0.717) is 13.0 Å². The van der Waals surface area contributed by atoms with Gasteiger partial charge in [-0.25, -0.2) is 0 Å². The summed E-state index contributed by atoms with van der Waals surface area (Å²) in [5.74, 6) is -0.375. The van der Waals surface area contributed by atoms with Crippen molar-refractivity contribution < 1.29 is 9.59 Å². The fourth-order valence-corrected chi connectivity index (χ4v) is 2.96. The molecule has 5 nitrogen and oxygen atoms in total. The van der Waals surface area contributed by atoms with Gasteiger partial charge >= 0.3 is 0 Å². The number of fused-ring (bicyclic) bond motifs is 1. The molecular formula is C20H23N3O2. The molecule has 0 aliphatic carbocycles. The highest BCUT2D eigenvalue weighted by atomic mass is 16.2. The third-order valence-electron chi connectivity index (χ3n) is 4.47. The molecule has 0 unspecified atom stereocenters. The van der Waals surface area contributed by atoms with Gasteiger partial charge in [0, 0.05) is 12.2 Å². The molecule has 1 aliphatic heterocycles. The van der Waals surface area contributed by atoms with Gasteiger partial charge in [-0.15, -0.1) is 0 Å². The normalized spacial score (nSPS) is 16.0. The van der Waals surface area contributed by atoms with E-state index in [4.69, 9.17) is 0 Å². The summed E-state index contributed by atoms with van der Waals surface area (Å²) in [7, 11) is 0. The summed E-state index contributed by atoms with van der Waals surface area (Å²) in [5, 5.41) is 8.72. The van der Waals surface area contributed by atoms with Gasteiger partial charge < -0.3 is 16.0 Å². The summed E-state index contributed by atoms with van der Waals surface area (Å²) >= 11 is 0. The Kier molecular flexibility index (Phi) is 5.46. The first kappa shape index (κ1) is 17.2. The van der Waals surface area contributed by atoms with Crippen LogP contribution in [0.25, 0.3) is 0 Å². The van der Waals surface area contributed by atoms with Crippen molar-refractivity contribution in [3.63, 3.8) is 0 Å². The van der Waals surface area contributed by atoms with Crippen molar-refractivity contribution in [2.24, 2.45) is 0 Å². The zero-order valence-electron chi connectivity index (χ0n) is 14.3. The Morgan fingerprint density at radius 1 is 1.08 bits per heavy atom. The van der Waals surface area contributed by atoms with Gasteiger partial charge in [-0.1, -0.05) is 43.3 Å². The van der Waals surface area contributed by atoms with E-state index in [9.17, 15) is 9.59 Å². The predicted molar refractivity (Wildman–Crippen MR) is 98.2 cm³/mol. The van der Waals surface area contributed by atoms with Gasteiger partial charge in [0.05, 0.1) is 12.6 Å². The van der Waals surface area contributed by atoms with Crippen LogP contribution in [0, 0.1) is 0 Å². The van der Waals surface area contributed by atoms with Gasteiger partial charge in [-0.3, -0.25) is 9.59 Å². The lowest BCUT2D eigenvalue weighted by Crippen LogP contribution is -2.49. The summed E-state index contributed by atoms with van der Waals surface area (Å²) in [6, 6.07) is 15.5. The highest BCUT2D eigenvalue weighted by Crippen LogP contribution is 2.16. The van der Waals surface area contributed by atoms with Crippen molar-refractivity contribution >= 4 is 17.5 Å². The number of hydrogen-bond donors (Lipinski definition) is 3. The average Bonchev–Trinajstić information content (AvgIpc) is 2.66. The van der Waals surface area contributed by atoms with E-state index in [-0.39, 0.29) is 24.4 Å². The summed E-state index contributed by atoms with van der Waals surface area (Å²) in [4.78, 5) is 24.3. The fraction of sp³-hybridized carbons (Fsp3) is 0.300. The maximum Gasteiger partial charge on any atom is 0.243 e. The lowest BCUT2D eigenvalue weighted by Gasteiger charge is -2.25. The van der Waals surface area contributed by atoms with E-state index < -0.39 is 0 Å². The van der Waals surface area contributed by atoms with Gasteiger partial charge in [-0.2, -0.15) is 0 Å². The molecule has 5 heteroatoms. The average molecular weight is 337 g/mol. The molecule has 130 valence electrons. The molecule has 2 aromatic carbocycles. The van der Waals surface area contributed by atoms with Crippen molar-refractivity contribution in [3.8, 4) is 0 Å². The summed E-state index contributed by atoms with van der Waals surface area (Å²) < 4.78 is 0. The van der Waals surface area contributed by atoms with Crippen molar-refractivity contribution in [2.75, 3.05) is 11.9 Å². The third-order valence-corrected chi connectivity index (χ3v) is 4.47. The molecule has 2 amide bonds. The van der Waals surface area contributed by atoms with Gasteiger partial charge in [0.15, 0.2) is 0 Å². The van der Waals surface area contributed by atoms with Crippen LogP contribution in [-0.4, -0.2) is 24.4 Å². The fourth-order valence-electron chi connectivity index (χ4n) is 2.96. The number of amides is 2. The quantitative estimate of drug-likeness (QED) is 0.782. The van der Waals surface area contributed by atoms with Gasteiger partial charge in [0.2, 0.25) is 11.8 Å². The minimum atomic E-state index is -0.300. The van der Waals surface area contributed by atoms with Crippen LogP contribution < -0.4 is 16.0 Å². The maximum atomic E-state index is 12.3. The Bertz CT molecular complexity index is 756. The second kappa shape index (κ2) is 7.94. The number of anilines is 1. The van der Waals surface area contributed by atoms with Crippen LogP contribution >= 0.6 is 0 Å². The Hall–Kier alpha value is -2.66. The molecule has 0 bridgehead atoms. The SMILES string of the molecule is CCc1ccc(NC(=O)CNC(=O)[C@H]2Cc3ccccc3CN2)cc1. The lowest BCUT2D eigenvalue weighted by atomic mass is 9.95. The molecule has 0 spiro atoms. The van der Waals surface area contributed by atoms with Gasteiger partial charge in [0.25, 0.3) is 0 Å². The minimum absolute atomic E-state index is 0.0335. The Morgan fingerprint density at radius 3 is 2.52 bits per heavy atom. The minimum Gasteiger partial charge on any atom is -0.346 e. The van der Waals surface area contributed by atoms with Gasteiger partial charge in [0.1, 0.15) is 0 Å². The zero-order chi connectivity index (χ0) is 17.6. The van der Waals surface area contributed by atoms with E-state index in [0.717, 1.165) is 12.1 Å². The first-order valence-corrected chi connectivity index (χ1v) is 8.62. The molecule has 0 saturated carbocycles. The molecule has 1 heterocycles. The molecule has 1 aliphatic rings. The number of rotatable bonds is 5. The van der Waals surface area contributed by atoms with E-state index in [1.165, 1.54) is 16.7 Å². The number of aryl methyl sites for hydroxylation is 1. The Morgan fingerprint density at radius 2 is 1.80 bits per heavy atom. The van der Waals surface area contributed by atoms with Crippen LogP contribution in [0.1, 0.15) is 23.6 Å². The third kappa shape index (κ3) is 4.45. The van der Waals surface area contributed by atoms with Crippen molar-refractivity contribution in [1.29, 1.82) is 0 Å². The smallest absolute Gasteiger partial charge is 0.243 e. The van der Waals surface area contributed by atoms with Crippen LogP contribution in [0.4, 0.5) is 5.69 Å². The molecule has 25 heavy (non-hydrogen) atoms. The van der Waals surface area contributed by atoms with Crippen molar-refractivity contribution in [1.82, 2.24) is 10.6 Å². The molecule has 0 saturated heterocycles. The Labute approximate surface area is 147 Å². The molecule has 3 rings (SSSR count). The molecule has 1 atom stereocenters. The van der Waals surface area contributed by atoms with Crippen molar-refractivity contribution in [2.45, 2.75) is 32.4 Å². The van der Waals surface area contributed by atoms with E-state index in [1.807, 2.05) is 42.5 Å². The van der Waals surface area contributed by atoms with E-state index in [2.05, 4.69) is 28.9 Å². The number of benzene rings is 2. The van der Waals surface area contributed by atoms with Crippen LogP contribution in [0.15, 0.2) is 48.5 Å². The van der Waals surface area contributed by atoms with E-state index >= 15 is 0 Å². The van der Waals surface area contributed by atoms with Gasteiger partial charge in [-0.05, 0) is 41.7 Å². The molecule has 3 N–H and O–H groups in total. The second-order valence-electron chi connectivity index (χ2n) is 6.22. The van der Waals surface area contributed by atoms with Crippen LogP contribution in [0.2, 0.25) is 0 Å². The zero-order valence-corrected chi connectivity index (χ0v) is 14.3. The number of nitrogens with one attached hydrogen (secondary N) is 3. The van der Waals surface area contributed by atoms with Crippen LogP contribution in [0.5, 0.6) is 0 Å². The molecule has 0 radical (unpaired) electrons. The molecule has 2 aromatic rings. The standard InChI is InChI=1S/C20H23N3O2/c1-2-14-7-9-17(10-8-14)23-19(24)13-22-20(25)18-11-15-5-3-4-6-16(15)12-21-18/h3-10,18,21H,2,11-13H2,1H3,(H,22,25)(H,23,24)/t18-/m1/s1. The van der Waals surface area contributed by atoms with E-state index in [1.54, 1.807) is 0 Å².